The van der Waals surface area contributed by atoms with Crippen molar-refractivity contribution in [2.24, 2.45) is 5.10 Å². The largest absolute Gasteiger partial charge is 0.504 e. The van der Waals surface area contributed by atoms with Crippen molar-refractivity contribution in [1.82, 2.24) is 15.6 Å². The van der Waals surface area contributed by atoms with E-state index in [1.54, 1.807) is 36.5 Å². The molecule has 35 heavy (non-hydrogen) atoms. The molecule has 2 aromatic carbocycles. The SMILES string of the molecule is CCOc1cc(/C=N/NC(=O)[C@@H](CCCCNC(=O)c2ccccc2)N2CCCCC2)ccc1O. The highest BCUT2D eigenvalue weighted by Gasteiger charge is 2.26. The molecule has 1 aliphatic heterocycles. The molecular formula is C27H36N4O4. The van der Waals surface area contributed by atoms with Crippen LogP contribution in [0, 0.1) is 0 Å². The Morgan fingerprint density at radius 2 is 1.89 bits per heavy atom. The first-order valence-corrected chi connectivity index (χ1v) is 12.4. The Kier molecular flexibility index (Phi) is 10.6. The van der Waals surface area contributed by atoms with Crippen molar-refractivity contribution in [3.8, 4) is 11.5 Å². The van der Waals surface area contributed by atoms with Gasteiger partial charge in [0.15, 0.2) is 11.5 Å². The van der Waals surface area contributed by atoms with E-state index < -0.39 is 0 Å². The molecule has 3 rings (SSSR count). The summed E-state index contributed by atoms with van der Waals surface area (Å²) in [6.07, 6.45) is 7.25. The topological polar surface area (TPSA) is 103 Å². The van der Waals surface area contributed by atoms with E-state index in [1.807, 2.05) is 25.1 Å². The number of hydrogen-bond acceptors (Lipinski definition) is 6. The molecule has 0 saturated carbocycles. The third-order valence-electron chi connectivity index (χ3n) is 6.03. The fourth-order valence-electron chi connectivity index (χ4n) is 4.19. The van der Waals surface area contributed by atoms with Crippen LogP contribution in [-0.2, 0) is 4.79 Å². The standard InChI is InChI=1S/C27H36N4O4/c1-2-35-25-19-21(14-15-24(25)32)20-29-30-27(34)23(31-17-9-4-10-18-31)13-7-8-16-28-26(33)22-11-5-3-6-12-22/h3,5-6,11-12,14-15,19-20,23,32H,2,4,7-10,13,16-18H2,1H3,(H,28,33)(H,30,34)/b29-20+/t23-/m1/s1. The number of likely N-dealkylation sites (tertiary alicyclic amines) is 1. The average Bonchev–Trinajstić information content (AvgIpc) is 2.89. The van der Waals surface area contributed by atoms with Crippen molar-refractivity contribution in [2.45, 2.75) is 51.5 Å². The quantitative estimate of drug-likeness (QED) is 0.244. The molecule has 0 radical (unpaired) electrons. The number of phenols is 1. The molecule has 8 nitrogen and oxygen atoms in total. The monoisotopic (exact) mass is 480 g/mol. The van der Waals surface area contributed by atoms with E-state index in [0.717, 1.165) is 44.3 Å². The van der Waals surface area contributed by atoms with Crippen LogP contribution in [0.3, 0.4) is 0 Å². The minimum atomic E-state index is -0.254. The predicted octanol–water partition coefficient (Wildman–Crippen LogP) is 3.70. The van der Waals surface area contributed by atoms with Gasteiger partial charge in [-0.2, -0.15) is 5.10 Å². The molecule has 8 heteroatoms. The number of rotatable bonds is 12. The second-order valence-electron chi connectivity index (χ2n) is 8.62. The van der Waals surface area contributed by atoms with Crippen molar-refractivity contribution in [1.29, 1.82) is 0 Å². The molecule has 188 valence electrons. The Labute approximate surface area is 207 Å². The number of amides is 2. The fraction of sp³-hybridized carbons (Fsp3) is 0.444. The number of benzene rings is 2. The van der Waals surface area contributed by atoms with Crippen molar-refractivity contribution < 1.29 is 19.4 Å². The van der Waals surface area contributed by atoms with E-state index in [4.69, 9.17) is 4.74 Å². The average molecular weight is 481 g/mol. The first-order valence-electron chi connectivity index (χ1n) is 12.4. The smallest absolute Gasteiger partial charge is 0.257 e. The van der Waals surface area contributed by atoms with Gasteiger partial charge in [0.1, 0.15) is 0 Å². The van der Waals surface area contributed by atoms with Gasteiger partial charge < -0.3 is 15.2 Å². The van der Waals surface area contributed by atoms with Gasteiger partial charge in [0.25, 0.3) is 11.8 Å². The van der Waals surface area contributed by atoms with Gasteiger partial charge in [-0.25, -0.2) is 5.43 Å². The van der Waals surface area contributed by atoms with Crippen LogP contribution >= 0.6 is 0 Å². The summed E-state index contributed by atoms with van der Waals surface area (Å²) < 4.78 is 5.39. The summed E-state index contributed by atoms with van der Waals surface area (Å²) in [5.41, 5.74) is 4.06. The highest BCUT2D eigenvalue weighted by molar-refractivity contribution is 5.94. The van der Waals surface area contributed by atoms with Crippen LogP contribution in [0.15, 0.2) is 53.6 Å². The van der Waals surface area contributed by atoms with Crippen molar-refractivity contribution in [2.75, 3.05) is 26.2 Å². The maximum Gasteiger partial charge on any atom is 0.257 e. The Balaban J connectivity index is 1.50. The van der Waals surface area contributed by atoms with Crippen molar-refractivity contribution in [3.05, 3.63) is 59.7 Å². The van der Waals surface area contributed by atoms with E-state index >= 15 is 0 Å². The maximum atomic E-state index is 13.0. The third kappa shape index (κ3) is 8.40. The van der Waals surface area contributed by atoms with E-state index in [2.05, 4.69) is 20.7 Å². The molecule has 1 aliphatic rings. The predicted molar refractivity (Wildman–Crippen MR) is 137 cm³/mol. The number of hydrazone groups is 1. The van der Waals surface area contributed by atoms with Gasteiger partial charge in [-0.3, -0.25) is 14.5 Å². The van der Waals surface area contributed by atoms with Gasteiger partial charge in [-0.1, -0.05) is 24.6 Å². The summed E-state index contributed by atoms with van der Waals surface area (Å²) in [5, 5.41) is 16.9. The number of carbonyl (C=O) groups excluding carboxylic acids is 2. The number of carbonyl (C=O) groups is 2. The molecule has 2 amide bonds. The van der Waals surface area contributed by atoms with Crippen LogP contribution < -0.4 is 15.5 Å². The van der Waals surface area contributed by atoms with Gasteiger partial charge in [0.05, 0.1) is 18.9 Å². The fourth-order valence-corrected chi connectivity index (χ4v) is 4.19. The summed E-state index contributed by atoms with van der Waals surface area (Å²) in [7, 11) is 0. The lowest BCUT2D eigenvalue weighted by atomic mass is 10.0. The van der Waals surface area contributed by atoms with Crippen LogP contribution in [0.25, 0.3) is 0 Å². The minimum absolute atomic E-state index is 0.0677. The molecule has 0 unspecified atom stereocenters. The number of aromatic hydroxyl groups is 1. The van der Waals surface area contributed by atoms with Crippen LogP contribution in [-0.4, -0.2) is 60.3 Å². The number of unbranched alkanes of at least 4 members (excludes halogenated alkanes) is 1. The Hall–Kier alpha value is -3.39. The number of nitrogens with zero attached hydrogens (tertiary/aromatic N) is 2. The second-order valence-corrected chi connectivity index (χ2v) is 8.62. The number of nitrogens with one attached hydrogen (secondary N) is 2. The van der Waals surface area contributed by atoms with E-state index in [1.165, 1.54) is 6.42 Å². The van der Waals surface area contributed by atoms with E-state index in [9.17, 15) is 14.7 Å². The van der Waals surface area contributed by atoms with E-state index in [-0.39, 0.29) is 23.6 Å². The van der Waals surface area contributed by atoms with Crippen molar-refractivity contribution >= 4 is 18.0 Å². The summed E-state index contributed by atoms with van der Waals surface area (Å²) in [6, 6.07) is 13.8. The molecule has 0 spiro atoms. The Morgan fingerprint density at radius 3 is 2.63 bits per heavy atom. The van der Waals surface area contributed by atoms with Gasteiger partial charge in [-0.05, 0) is 88.0 Å². The lowest BCUT2D eigenvalue weighted by Gasteiger charge is -2.33. The van der Waals surface area contributed by atoms with Gasteiger partial charge in [-0.15, -0.1) is 0 Å². The number of hydrogen-bond donors (Lipinski definition) is 3. The number of piperidine rings is 1. The van der Waals surface area contributed by atoms with Gasteiger partial charge in [0, 0.05) is 12.1 Å². The highest BCUT2D eigenvalue weighted by atomic mass is 16.5. The van der Waals surface area contributed by atoms with Crippen LogP contribution in [0.1, 0.15) is 61.4 Å². The van der Waals surface area contributed by atoms with E-state index in [0.29, 0.717) is 30.9 Å². The number of phenolic OH excluding ortho intramolecular Hbond substituents is 1. The number of ether oxygens (including phenoxy) is 1. The second kappa shape index (κ2) is 14.1. The van der Waals surface area contributed by atoms with Crippen LogP contribution in [0.2, 0.25) is 0 Å². The maximum absolute atomic E-state index is 13.0. The molecule has 0 aliphatic carbocycles. The molecular weight excluding hydrogens is 444 g/mol. The zero-order valence-corrected chi connectivity index (χ0v) is 20.4. The zero-order chi connectivity index (χ0) is 24.9. The molecule has 0 aromatic heterocycles. The highest BCUT2D eigenvalue weighted by Crippen LogP contribution is 2.26. The molecule has 1 heterocycles. The molecule has 1 atom stereocenters. The summed E-state index contributed by atoms with van der Waals surface area (Å²) in [5.74, 6) is 0.249. The van der Waals surface area contributed by atoms with Crippen molar-refractivity contribution in [3.63, 3.8) is 0 Å². The molecule has 1 saturated heterocycles. The first kappa shape index (κ1) is 26.2. The lowest BCUT2D eigenvalue weighted by Crippen LogP contribution is -2.47. The Bertz CT molecular complexity index is 974. The summed E-state index contributed by atoms with van der Waals surface area (Å²) in [4.78, 5) is 27.4. The van der Waals surface area contributed by atoms with Gasteiger partial charge in [0.2, 0.25) is 0 Å². The minimum Gasteiger partial charge on any atom is -0.504 e. The third-order valence-corrected chi connectivity index (χ3v) is 6.03. The molecule has 1 fully saturated rings. The Morgan fingerprint density at radius 1 is 1.11 bits per heavy atom. The normalized spacial score (nSPS) is 15.0. The zero-order valence-electron chi connectivity index (χ0n) is 20.4. The first-order chi connectivity index (χ1) is 17.1. The summed E-state index contributed by atoms with van der Waals surface area (Å²) >= 11 is 0. The van der Waals surface area contributed by atoms with Crippen LogP contribution in [0.4, 0.5) is 0 Å². The molecule has 2 aromatic rings. The van der Waals surface area contributed by atoms with Gasteiger partial charge >= 0.3 is 0 Å². The molecule has 0 bridgehead atoms. The molecule has 3 N–H and O–H groups in total. The lowest BCUT2D eigenvalue weighted by molar-refractivity contribution is -0.127. The summed E-state index contributed by atoms with van der Waals surface area (Å²) in [6.45, 7) is 4.67. The van der Waals surface area contributed by atoms with Crippen LogP contribution in [0.5, 0.6) is 11.5 Å².